The smallest absolute Gasteiger partial charge is 0.307 e. The number of nitrogens with zero attached hydrogens (tertiary/aromatic N) is 1. The van der Waals surface area contributed by atoms with Gasteiger partial charge in [-0.05, 0) is 37.9 Å². The number of esters is 1. The first-order chi connectivity index (χ1) is 14.1. The van der Waals surface area contributed by atoms with Gasteiger partial charge in [-0.25, -0.2) is 0 Å². The van der Waals surface area contributed by atoms with E-state index in [1.54, 1.807) is 0 Å². The maximum absolute atomic E-state index is 12.3. The van der Waals surface area contributed by atoms with Crippen LogP contribution in [0, 0.1) is 0 Å². The van der Waals surface area contributed by atoms with Gasteiger partial charge >= 0.3 is 5.97 Å². The van der Waals surface area contributed by atoms with Crippen LogP contribution in [0.15, 0.2) is 30.3 Å². The van der Waals surface area contributed by atoms with Crippen molar-refractivity contribution in [3.63, 3.8) is 0 Å². The summed E-state index contributed by atoms with van der Waals surface area (Å²) < 4.78 is 5.17. The molecule has 1 fully saturated rings. The number of unbranched alkanes of at least 4 members (excludes halogenated alkanes) is 1. The first kappa shape index (κ1) is 22.9. The zero-order valence-electron chi connectivity index (χ0n) is 17.3. The van der Waals surface area contributed by atoms with Gasteiger partial charge in [-0.3, -0.25) is 19.3 Å². The molecule has 1 aromatic carbocycles. The number of rotatable bonds is 12. The average molecular weight is 404 g/mol. The largest absolute Gasteiger partial charge is 0.461 e. The fourth-order valence-electron chi connectivity index (χ4n) is 3.37. The summed E-state index contributed by atoms with van der Waals surface area (Å²) in [4.78, 5) is 38.2. The van der Waals surface area contributed by atoms with Crippen molar-refractivity contribution in [1.82, 2.24) is 15.5 Å². The third-order valence-electron chi connectivity index (χ3n) is 5.01. The predicted molar refractivity (Wildman–Crippen MR) is 111 cm³/mol. The lowest BCUT2D eigenvalue weighted by molar-refractivity contribution is -0.144. The van der Waals surface area contributed by atoms with E-state index in [4.69, 9.17) is 4.74 Å². The van der Waals surface area contributed by atoms with Crippen molar-refractivity contribution >= 4 is 17.8 Å². The van der Waals surface area contributed by atoms with Gasteiger partial charge in [0.2, 0.25) is 11.8 Å². The Morgan fingerprint density at radius 3 is 2.62 bits per heavy atom. The Kier molecular flexibility index (Phi) is 10.2. The number of ether oxygens (including phenoxy) is 1. The highest BCUT2D eigenvalue weighted by molar-refractivity contribution is 5.83. The molecule has 1 aliphatic heterocycles. The van der Waals surface area contributed by atoms with E-state index < -0.39 is 0 Å². The molecule has 0 unspecified atom stereocenters. The standard InChI is InChI=1S/C22H33N3O4/c1-2-3-15-25-16-7-10-19(25)22(28)24-13-11-20(26)23-14-12-21(27)29-17-18-8-5-4-6-9-18/h4-6,8-9,19H,2-3,7,10-17H2,1H3,(H,23,26)(H,24,28)/t19-/m0/s1. The number of hydrogen-bond donors (Lipinski definition) is 2. The van der Waals surface area contributed by atoms with Crippen LogP contribution >= 0.6 is 0 Å². The molecule has 1 atom stereocenters. The Bertz CT molecular complexity index is 651. The predicted octanol–water partition coefficient (Wildman–Crippen LogP) is 2.01. The van der Waals surface area contributed by atoms with E-state index in [1.165, 1.54) is 0 Å². The maximum atomic E-state index is 12.3. The van der Waals surface area contributed by atoms with Gasteiger partial charge in [-0.15, -0.1) is 0 Å². The molecule has 29 heavy (non-hydrogen) atoms. The molecular weight excluding hydrogens is 370 g/mol. The van der Waals surface area contributed by atoms with Crippen LogP contribution in [0.3, 0.4) is 0 Å². The first-order valence-electron chi connectivity index (χ1n) is 10.6. The van der Waals surface area contributed by atoms with Crippen LogP contribution in [0.25, 0.3) is 0 Å². The molecule has 2 N–H and O–H groups in total. The fraction of sp³-hybridized carbons (Fsp3) is 0.591. The summed E-state index contributed by atoms with van der Waals surface area (Å²) in [5.41, 5.74) is 0.927. The number of benzene rings is 1. The molecular formula is C22H33N3O4. The van der Waals surface area contributed by atoms with Crippen LogP contribution in [0.5, 0.6) is 0 Å². The van der Waals surface area contributed by atoms with Crippen molar-refractivity contribution in [2.24, 2.45) is 0 Å². The van der Waals surface area contributed by atoms with Crippen molar-refractivity contribution in [2.45, 2.75) is 58.1 Å². The molecule has 0 bridgehead atoms. The second-order valence-corrected chi connectivity index (χ2v) is 7.33. The summed E-state index contributed by atoms with van der Waals surface area (Å²) in [5.74, 6) is -0.526. The van der Waals surface area contributed by atoms with Crippen molar-refractivity contribution in [3.8, 4) is 0 Å². The zero-order valence-corrected chi connectivity index (χ0v) is 17.3. The van der Waals surface area contributed by atoms with Crippen molar-refractivity contribution in [1.29, 1.82) is 0 Å². The van der Waals surface area contributed by atoms with Gasteiger partial charge < -0.3 is 15.4 Å². The monoisotopic (exact) mass is 403 g/mol. The van der Waals surface area contributed by atoms with Crippen LogP contribution in [-0.4, -0.2) is 54.9 Å². The van der Waals surface area contributed by atoms with E-state index in [-0.39, 0.29) is 49.8 Å². The number of carbonyl (C=O) groups is 3. The molecule has 7 nitrogen and oxygen atoms in total. The van der Waals surface area contributed by atoms with Crippen LogP contribution in [0.4, 0.5) is 0 Å². The van der Waals surface area contributed by atoms with E-state index in [1.807, 2.05) is 30.3 Å². The minimum absolute atomic E-state index is 0.0101. The van der Waals surface area contributed by atoms with E-state index >= 15 is 0 Å². The molecule has 0 spiro atoms. The van der Waals surface area contributed by atoms with Crippen LogP contribution < -0.4 is 10.6 Å². The number of amides is 2. The highest BCUT2D eigenvalue weighted by Gasteiger charge is 2.29. The highest BCUT2D eigenvalue weighted by atomic mass is 16.5. The Balaban J connectivity index is 1.54. The molecule has 0 aliphatic carbocycles. The molecule has 1 heterocycles. The molecule has 0 aromatic heterocycles. The van der Waals surface area contributed by atoms with Gasteiger partial charge in [-0.2, -0.15) is 0 Å². The summed E-state index contributed by atoms with van der Waals surface area (Å²) in [6, 6.07) is 9.38. The van der Waals surface area contributed by atoms with Gasteiger partial charge in [0.15, 0.2) is 0 Å². The SMILES string of the molecule is CCCCN1CCC[C@H]1C(=O)NCCC(=O)NCCC(=O)OCc1ccccc1. The quantitative estimate of drug-likeness (QED) is 0.521. The van der Waals surface area contributed by atoms with Gasteiger partial charge in [0.05, 0.1) is 12.5 Å². The van der Waals surface area contributed by atoms with Crippen molar-refractivity contribution in [2.75, 3.05) is 26.2 Å². The van der Waals surface area contributed by atoms with Crippen LogP contribution in [-0.2, 0) is 25.7 Å². The highest BCUT2D eigenvalue weighted by Crippen LogP contribution is 2.17. The molecule has 1 aromatic rings. The topological polar surface area (TPSA) is 87.7 Å². The number of nitrogens with one attached hydrogen (secondary N) is 2. The minimum atomic E-state index is -0.351. The molecule has 2 rings (SSSR count). The summed E-state index contributed by atoms with van der Waals surface area (Å²) >= 11 is 0. The average Bonchev–Trinajstić information content (AvgIpc) is 3.20. The molecule has 7 heteroatoms. The summed E-state index contributed by atoms with van der Waals surface area (Å²) in [6.07, 6.45) is 4.46. The number of carbonyl (C=O) groups excluding carboxylic acids is 3. The van der Waals surface area contributed by atoms with Gasteiger partial charge in [0.25, 0.3) is 0 Å². The Morgan fingerprint density at radius 2 is 1.86 bits per heavy atom. The van der Waals surface area contributed by atoms with Gasteiger partial charge in [0, 0.05) is 19.5 Å². The van der Waals surface area contributed by atoms with E-state index in [0.29, 0.717) is 6.54 Å². The van der Waals surface area contributed by atoms with Crippen molar-refractivity contribution in [3.05, 3.63) is 35.9 Å². The van der Waals surface area contributed by atoms with E-state index in [0.717, 1.165) is 44.3 Å². The maximum Gasteiger partial charge on any atom is 0.307 e. The second kappa shape index (κ2) is 12.9. The number of likely N-dealkylation sites (tertiary alicyclic amines) is 1. The van der Waals surface area contributed by atoms with Crippen molar-refractivity contribution < 1.29 is 19.1 Å². The lowest BCUT2D eigenvalue weighted by Crippen LogP contribution is -2.44. The molecule has 160 valence electrons. The molecule has 0 radical (unpaired) electrons. The lowest BCUT2D eigenvalue weighted by Gasteiger charge is -2.23. The Morgan fingerprint density at radius 1 is 1.10 bits per heavy atom. The molecule has 0 saturated carbocycles. The third-order valence-corrected chi connectivity index (χ3v) is 5.01. The summed E-state index contributed by atoms with van der Waals surface area (Å²) in [7, 11) is 0. The lowest BCUT2D eigenvalue weighted by atomic mass is 10.2. The molecule has 1 aliphatic rings. The van der Waals surface area contributed by atoms with Gasteiger partial charge in [0.1, 0.15) is 6.61 Å². The zero-order chi connectivity index (χ0) is 20.9. The van der Waals surface area contributed by atoms with Crippen LogP contribution in [0.2, 0.25) is 0 Å². The summed E-state index contributed by atoms with van der Waals surface area (Å²) in [6.45, 7) is 4.84. The molecule has 2 amide bonds. The minimum Gasteiger partial charge on any atom is -0.461 e. The summed E-state index contributed by atoms with van der Waals surface area (Å²) in [5, 5.41) is 5.56. The third kappa shape index (κ3) is 8.64. The van der Waals surface area contributed by atoms with Crippen LogP contribution in [0.1, 0.15) is 51.0 Å². The normalized spacial score (nSPS) is 16.4. The Hall–Kier alpha value is -2.41. The van der Waals surface area contributed by atoms with E-state index in [2.05, 4.69) is 22.5 Å². The second-order valence-electron chi connectivity index (χ2n) is 7.33. The Labute approximate surface area is 173 Å². The van der Waals surface area contributed by atoms with E-state index in [9.17, 15) is 14.4 Å². The fourth-order valence-corrected chi connectivity index (χ4v) is 3.37. The first-order valence-corrected chi connectivity index (χ1v) is 10.6. The van der Waals surface area contributed by atoms with Gasteiger partial charge in [-0.1, -0.05) is 43.7 Å². The number of hydrogen-bond acceptors (Lipinski definition) is 5. The molecule has 1 saturated heterocycles.